The first kappa shape index (κ1) is 16.0. The molecule has 0 unspecified atom stereocenters. The molecule has 1 aromatic carbocycles. The van der Waals surface area contributed by atoms with E-state index in [-0.39, 0.29) is 5.56 Å². The van der Waals surface area contributed by atoms with Gasteiger partial charge in [0.1, 0.15) is 5.82 Å². The smallest absolute Gasteiger partial charge is 0.261 e. The van der Waals surface area contributed by atoms with E-state index in [9.17, 15) is 4.79 Å². The van der Waals surface area contributed by atoms with Crippen molar-refractivity contribution in [3.63, 3.8) is 0 Å². The molecule has 4 aromatic heterocycles. The van der Waals surface area contributed by atoms with Crippen molar-refractivity contribution in [3.05, 3.63) is 69.6 Å². The average molecular weight is 379 g/mol. The van der Waals surface area contributed by atoms with Gasteiger partial charge in [0.25, 0.3) is 11.3 Å². The summed E-state index contributed by atoms with van der Waals surface area (Å²) in [5.41, 5.74) is 2.78. The van der Waals surface area contributed by atoms with Gasteiger partial charge in [-0.3, -0.25) is 4.79 Å². The zero-order valence-corrected chi connectivity index (χ0v) is 15.2. The normalized spacial score (nSPS) is 11.8. The highest BCUT2D eigenvalue weighted by Crippen LogP contribution is 2.23. The van der Waals surface area contributed by atoms with Gasteiger partial charge in [-0.05, 0) is 43.2 Å². The number of fused-ring (bicyclic) bond motifs is 4. The number of nitrogens with one attached hydrogen (secondary N) is 1. The van der Waals surface area contributed by atoms with Crippen molar-refractivity contribution >= 4 is 39.2 Å². The van der Waals surface area contributed by atoms with Gasteiger partial charge in [0, 0.05) is 41.1 Å². The van der Waals surface area contributed by atoms with Crippen molar-refractivity contribution < 1.29 is 0 Å². The summed E-state index contributed by atoms with van der Waals surface area (Å²) >= 11 is 6.12. The first-order valence-electron chi connectivity index (χ1n) is 8.57. The zero-order valence-electron chi connectivity index (χ0n) is 14.5. The van der Waals surface area contributed by atoms with E-state index in [1.165, 1.54) is 0 Å². The van der Waals surface area contributed by atoms with Crippen LogP contribution in [0.3, 0.4) is 0 Å². The van der Waals surface area contributed by atoms with E-state index in [0.29, 0.717) is 40.5 Å². The van der Waals surface area contributed by atoms with Gasteiger partial charge in [-0.1, -0.05) is 11.6 Å². The predicted molar refractivity (Wildman–Crippen MR) is 104 cm³/mol. The fourth-order valence-corrected chi connectivity index (χ4v) is 3.61. The second kappa shape index (κ2) is 5.92. The molecule has 0 aliphatic heterocycles. The second-order valence-electron chi connectivity index (χ2n) is 6.50. The summed E-state index contributed by atoms with van der Waals surface area (Å²) in [5.74, 6) is 1.12. The molecule has 134 valence electrons. The Morgan fingerprint density at radius 3 is 3.00 bits per heavy atom. The van der Waals surface area contributed by atoms with Gasteiger partial charge in [-0.25, -0.2) is 4.98 Å². The van der Waals surface area contributed by atoms with Gasteiger partial charge in [-0.15, -0.1) is 5.10 Å². The van der Waals surface area contributed by atoms with Crippen LogP contribution in [0.15, 0.2) is 47.7 Å². The van der Waals surface area contributed by atoms with Crippen LogP contribution in [0.25, 0.3) is 27.6 Å². The molecule has 0 saturated carbocycles. The number of nitrogens with zero attached hydrogens (tertiary/aromatic N) is 5. The number of aromatic amines is 1. The van der Waals surface area contributed by atoms with Crippen molar-refractivity contribution in [3.8, 4) is 0 Å². The molecule has 0 saturated heterocycles. The summed E-state index contributed by atoms with van der Waals surface area (Å²) in [6, 6.07) is 7.64. The quantitative estimate of drug-likeness (QED) is 0.523. The summed E-state index contributed by atoms with van der Waals surface area (Å²) in [6.45, 7) is 2.36. The Morgan fingerprint density at radius 1 is 1.22 bits per heavy atom. The van der Waals surface area contributed by atoms with Crippen LogP contribution in [0.2, 0.25) is 5.02 Å². The van der Waals surface area contributed by atoms with Gasteiger partial charge in [0.05, 0.1) is 10.9 Å². The minimum absolute atomic E-state index is 0.0899. The largest absolute Gasteiger partial charge is 0.361 e. The topological polar surface area (TPSA) is 80.9 Å². The monoisotopic (exact) mass is 378 g/mol. The highest BCUT2D eigenvalue weighted by Gasteiger charge is 2.11. The molecule has 1 N–H and O–H groups in total. The zero-order chi connectivity index (χ0) is 18.5. The van der Waals surface area contributed by atoms with Crippen molar-refractivity contribution in [2.45, 2.75) is 19.9 Å². The molecule has 0 radical (unpaired) electrons. The Balaban J connectivity index is 1.53. The molecule has 0 amide bonds. The first-order valence-corrected chi connectivity index (χ1v) is 8.95. The fourth-order valence-electron chi connectivity index (χ4n) is 3.43. The van der Waals surface area contributed by atoms with E-state index in [1.807, 2.05) is 30.5 Å². The van der Waals surface area contributed by atoms with Crippen LogP contribution in [-0.4, -0.2) is 29.1 Å². The molecule has 5 aromatic rings. The average Bonchev–Trinajstić information content (AvgIpc) is 3.23. The minimum atomic E-state index is -0.0899. The van der Waals surface area contributed by atoms with Gasteiger partial charge >= 0.3 is 0 Å². The van der Waals surface area contributed by atoms with Crippen molar-refractivity contribution in [2.24, 2.45) is 0 Å². The van der Waals surface area contributed by atoms with Crippen LogP contribution in [0, 0.1) is 6.92 Å². The summed E-state index contributed by atoms with van der Waals surface area (Å²) in [5, 5.41) is 6.62. The maximum absolute atomic E-state index is 12.9. The third-order valence-corrected chi connectivity index (χ3v) is 5.00. The van der Waals surface area contributed by atoms with E-state index >= 15 is 0 Å². The number of benzene rings is 1. The lowest BCUT2D eigenvalue weighted by molar-refractivity contribution is 0.676. The lowest BCUT2D eigenvalue weighted by atomic mass is 10.1. The van der Waals surface area contributed by atoms with E-state index in [0.717, 1.165) is 16.5 Å². The molecule has 4 heterocycles. The van der Waals surface area contributed by atoms with Gasteiger partial charge in [0.2, 0.25) is 0 Å². The van der Waals surface area contributed by atoms with E-state index < -0.39 is 0 Å². The molecule has 0 atom stereocenters. The lowest BCUT2D eigenvalue weighted by Gasteiger charge is -2.07. The van der Waals surface area contributed by atoms with Crippen LogP contribution in [0.1, 0.15) is 11.4 Å². The number of aryl methyl sites for hydroxylation is 3. The number of H-pyrrole nitrogens is 1. The van der Waals surface area contributed by atoms with E-state index in [2.05, 4.69) is 20.1 Å². The number of aromatic nitrogens is 6. The first-order chi connectivity index (χ1) is 13.1. The molecule has 5 rings (SSSR count). The van der Waals surface area contributed by atoms with E-state index in [4.69, 9.17) is 11.6 Å². The number of hydrogen-bond acceptors (Lipinski definition) is 4. The van der Waals surface area contributed by atoms with Crippen LogP contribution in [0.4, 0.5) is 0 Å². The van der Waals surface area contributed by atoms with Gasteiger partial charge in [-0.2, -0.15) is 9.50 Å². The molecule has 0 fully saturated rings. The van der Waals surface area contributed by atoms with E-state index in [1.54, 1.807) is 28.4 Å². The Kier molecular flexibility index (Phi) is 3.51. The fraction of sp³-hybridized carbons (Fsp3) is 0.158. The molecule has 27 heavy (non-hydrogen) atoms. The molecule has 0 aliphatic carbocycles. The lowest BCUT2D eigenvalue weighted by Crippen LogP contribution is -2.21. The third-order valence-electron chi connectivity index (χ3n) is 4.76. The Labute approximate surface area is 158 Å². The molecular weight excluding hydrogens is 364 g/mol. The highest BCUT2D eigenvalue weighted by molar-refractivity contribution is 6.31. The Morgan fingerprint density at radius 2 is 2.11 bits per heavy atom. The molecular formula is C19H15ClN6O. The number of rotatable bonds is 3. The minimum Gasteiger partial charge on any atom is -0.361 e. The predicted octanol–water partition coefficient (Wildman–Crippen LogP) is 3.13. The molecule has 8 heteroatoms. The maximum atomic E-state index is 12.9. The molecule has 0 spiro atoms. The third kappa shape index (κ3) is 2.59. The SMILES string of the molecule is Cc1nc2ncc3c(=O)n(CCc4c[nH]c5ccc(Cl)cc45)ccc3n2n1. The van der Waals surface area contributed by atoms with Crippen molar-refractivity contribution in [1.29, 1.82) is 0 Å². The molecule has 0 bridgehead atoms. The van der Waals surface area contributed by atoms with Crippen LogP contribution in [-0.2, 0) is 13.0 Å². The van der Waals surface area contributed by atoms with Crippen molar-refractivity contribution in [1.82, 2.24) is 29.1 Å². The van der Waals surface area contributed by atoms with Crippen LogP contribution in [0.5, 0.6) is 0 Å². The summed E-state index contributed by atoms with van der Waals surface area (Å²) in [6.07, 6.45) is 6.05. The summed E-state index contributed by atoms with van der Waals surface area (Å²) in [4.78, 5) is 24.6. The molecule has 7 nitrogen and oxygen atoms in total. The number of hydrogen-bond donors (Lipinski definition) is 1. The van der Waals surface area contributed by atoms with Gasteiger partial charge < -0.3 is 9.55 Å². The van der Waals surface area contributed by atoms with Crippen molar-refractivity contribution in [2.75, 3.05) is 0 Å². The number of halogens is 1. The maximum Gasteiger partial charge on any atom is 0.261 e. The Hall–Kier alpha value is -3.19. The Bertz CT molecular complexity index is 1380. The standard InChI is InChI=1S/C19H15ClN6O/c1-11-23-19-22-10-15-17(26(19)24-11)5-7-25(18(15)27)6-4-12-9-21-16-3-2-13(20)8-14(12)16/h2-3,5,7-10,21H,4,6H2,1H3. The van der Waals surface area contributed by atoms with Crippen LogP contribution >= 0.6 is 11.6 Å². The van der Waals surface area contributed by atoms with Gasteiger partial charge in [0.15, 0.2) is 0 Å². The second-order valence-corrected chi connectivity index (χ2v) is 6.93. The summed E-state index contributed by atoms with van der Waals surface area (Å²) < 4.78 is 3.31. The summed E-state index contributed by atoms with van der Waals surface area (Å²) in [7, 11) is 0. The highest BCUT2D eigenvalue weighted by atomic mass is 35.5. The molecule has 0 aliphatic rings. The van der Waals surface area contributed by atoms with Crippen LogP contribution < -0.4 is 5.56 Å². The number of pyridine rings is 1.